The largest absolute Gasteiger partial charge is 0.403 e. The second kappa shape index (κ2) is 6.62. The minimum atomic E-state index is -0.438. The summed E-state index contributed by atoms with van der Waals surface area (Å²) in [5, 5.41) is 15.2. The number of hydrogen-bond donors (Lipinski definition) is 1. The van der Waals surface area contributed by atoms with Gasteiger partial charge in [0.1, 0.15) is 0 Å². The quantitative estimate of drug-likeness (QED) is 0.752. The molecule has 1 N–H and O–H groups in total. The first-order valence-electron chi connectivity index (χ1n) is 7.09. The van der Waals surface area contributed by atoms with Crippen molar-refractivity contribution in [3.8, 4) is 11.5 Å². The molecule has 0 saturated heterocycles. The zero-order chi connectivity index (χ0) is 17.3. The molecule has 0 radical (unpaired) electrons. The van der Waals surface area contributed by atoms with Crippen molar-refractivity contribution < 1.29 is 9.21 Å². The summed E-state index contributed by atoms with van der Waals surface area (Å²) in [5.74, 6) is -0.258. The van der Waals surface area contributed by atoms with E-state index in [1.54, 1.807) is 35.1 Å². The molecule has 0 saturated carbocycles. The van der Waals surface area contributed by atoms with E-state index in [0.29, 0.717) is 15.6 Å². The zero-order valence-corrected chi connectivity index (χ0v) is 14.3. The fraction of sp³-hybridized carbons (Fsp3) is 0.200. The van der Waals surface area contributed by atoms with E-state index < -0.39 is 5.91 Å². The average molecular weight is 366 g/mol. The highest BCUT2D eigenvalue weighted by atomic mass is 35.5. The molecule has 124 valence electrons. The number of carbonyl (C=O) groups excluding carboxylic acids is 1. The predicted octanol–water partition coefficient (Wildman–Crippen LogP) is 4.07. The molecule has 2 aromatic heterocycles. The normalized spacial score (nSPS) is 11.0. The Balaban J connectivity index is 1.77. The van der Waals surface area contributed by atoms with Gasteiger partial charge >= 0.3 is 6.01 Å². The second-order valence-electron chi connectivity index (χ2n) is 5.27. The van der Waals surface area contributed by atoms with Crippen LogP contribution in [0.25, 0.3) is 11.5 Å². The number of nitrogens with zero attached hydrogens (tertiary/aromatic N) is 4. The SMILES string of the molecule is CC(C)n1ccc(C(=O)Nc2nnc(-c3ccc(Cl)cc3Cl)o2)n1. The van der Waals surface area contributed by atoms with Crippen LogP contribution in [-0.2, 0) is 0 Å². The molecule has 0 aliphatic carbocycles. The van der Waals surface area contributed by atoms with E-state index in [9.17, 15) is 4.79 Å². The number of anilines is 1. The molecular formula is C15H13Cl2N5O2. The molecule has 9 heteroatoms. The lowest BCUT2D eigenvalue weighted by atomic mass is 10.2. The molecule has 3 aromatic rings. The van der Waals surface area contributed by atoms with Crippen molar-refractivity contribution in [1.29, 1.82) is 0 Å². The fourth-order valence-electron chi connectivity index (χ4n) is 1.95. The molecule has 0 aliphatic rings. The third-order valence-corrected chi connectivity index (χ3v) is 3.72. The lowest BCUT2D eigenvalue weighted by Gasteiger charge is -2.03. The first-order chi connectivity index (χ1) is 11.4. The van der Waals surface area contributed by atoms with Gasteiger partial charge in [-0.15, -0.1) is 5.10 Å². The van der Waals surface area contributed by atoms with Crippen molar-refractivity contribution in [2.45, 2.75) is 19.9 Å². The lowest BCUT2D eigenvalue weighted by Crippen LogP contribution is -2.14. The number of rotatable bonds is 4. The maximum Gasteiger partial charge on any atom is 0.322 e. The topological polar surface area (TPSA) is 85.8 Å². The van der Waals surface area contributed by atoms with Crippen molar-refractivity contribution in [3.63, 3.8) is 0 Å². The molecule has 1 amide bonds. The van der Waals surface area contributed by atoms with Gasteiger partial charge in [0.15, 0.2) is 5.69 Å². The molecule has 0 spiro atoms. The van der Waals surface area contributed by atoms with Crippen molar-refractivity contribution in [3.05, 3.63) is 46.2 Å². The van der Waals surface area contributed by atoms with Crippen LogP contribution in [0.4, 0.5) is 6.01 Å². The molecule has 0 aliphatic heterocycles. The molecule has 1 aromatic carbocycles. The van der Waals surface area contributed by atoms with Crippen LogP contribution in [0.15, 0.2) is 34.9 Å². The van der Waals surface area contributed by atoms with Crippen LogP contribution < -0.4 is 5.32 Å². The van der Waals surface area contributed by atoms with E-state index in [0.717, 1.165) is 0 Å². The highest BCUT2D eigenvalue weighted by Gasteiger charge is 2.16. The van der Waals surface area contributed by atoms with Gasteiger partial charge in [-0.2, -0.15) is 5.10 Å². The van der Waals surface area contributed by atoms with Crippen LogP contribution in [0.3, 0.4) is 0 Å². The first-order valence-corrected chi connectivity index (χ1v) is 7.85. The Morgan fingerprint density at radius 2 is 2.04 bits per heavy atom. The van der Waals surface area contributed by atoms with Crippen molar-refractivity contribution >= 4 is 35.1 Å². The molecule has 0 fully saturated rings. The highest BCUT2D eigenvalue weighted by Crippen LogP contribution is 2.30. The van der Waals surface area contributed by atoms with Gasteiger partial charge in [0.25, 0.3) is 11.8 Å². The molecular weight excluding hydrogens is 353 g/mol. The van der Waals surface area contributed by atoms with Crippen molar-refractivity contribution in [2.75, 3.05) is 5.32 Å². The maximum absolute atomic E-state index is 12.1. The summed E-state index contributed by atoms with van der Waals surface area (Å²) in [5.41, 5.74) is 0.783. The van der Waals surface area contributed by atoms with Crippen LogP contribution >= 0.6 is 23.2 Å². The monoisotopic (exact) mass is 365 g/mol. The summed E-state index contributed by atoms with van der Waals surface area (Å²) in [6.07, 6.45) is 1.73. The smallest absolute Gasteiger partial charge is 0.322 e. The van der Waals surface area contributed by atoms with Gasteiger partial charge < -0.3 is 4.42 Å². The Bertz CT molecular complexity index is 888. The van der Waals surface area contributed by atoms with E-state index >= 15 is 0 Å². The maximum atomic E-state index is 12.1. The second-order valence-corrected chi connectivity index (χ2v) is 6.11. The number of amides is 1. The third kappa shape index (κ3) is 3.42. The zero-order valence-electron chi connectivity index (χ0n) is 12.8. The summed E-state index contributed by atoms with van der Waals surface area (Å²) in [6.45, 7) is 3.93. The van der Waals surface area contributed by atoms with Crippen molar-refractivity contribution in [1.82, 2.24) is 20.0 Å². The minimum absolute atomic E-state index is 0.0416. The van der Waals surface area contributed by atoms with E-state index in [2.05, 4.69) is 20.6 Å². The summed E-state index contributed by atoms with van der Waals surface area (Å²) >= 11 is 11.9. The van der Waals surface area contributed by atoms with Gasteiger partial charge in [0.05, 0.1) is 10.6 Å². The molecule has 3 rings (SSSR count). The number of carbonyl (C=O) groups is 1. The summed E-state index contributed by atoms with van der Waals surface area (Å²) < 4.78 is 7.10. The van der Waals surface area contributed by atoms with Crippen LogP contribution in [0.5, 0.6) is 0 Å². The number of nitrogens with one attached hydrogen (secondary N) is 1. The van der Waals surface area contributed by atoms with Crippen LogP contribution in [0, 0.1) is 0 Å². The average Bonchev–Trinajstić information content (AvgIpc) is 3.16. The number of halogens is 2. The molecule has 24 heavy (non-hydrogen) atoms. The van der Waals surface area contributed by atoms with E-state index in [-0.39, 0.29) is 23.6 Å². The Morgan fingerprint density at radius 1 is 1.25 bits per heavy atom. The summed E-state index contributed by atoms with van der Waals surface area (Å²) in [4.78, 5) is 12.1. The van der Waals surface area contributed by atoms with E-state index in [1.165, 1.54) is 0 Å². The van der Waals surface area contributed by atoms with Gasteiger partial charge in [-0.05, 0) is 38.1 Å². The Labute approximate surface area is 147 Å². The predicted molar refractivity (Wildman–Crippen MR) is 90.3 cm³/mol. The molecule has 7 nitrogen and oxygen atoms in total. The van der Waals surface area contributed by atoms with Crippen LogP contribution in [-0.4, -0.2) is 25.9 Å². The van der Waals surface area contributed by atoms with Crippen molar-refractivity contribution in [2.24, 2.45) is 0 Å². The van der Waals surface area contributed by atoms with Crippen LogP contribution in [0.1, 0.15) is 30.4 Å². The van der Waals surface area contributed by atoms with Gasteiger partial charge in [0.2, 0.25) is 0 Å². The van der Waals surface area contributed by atoms with Gasteiger partial charge in [-0.3, -0.25) is 14.8 Å². The summed E-state index contributed by atoms with van der Waals surface area (Å²) in [7, 11) is 0. The lowest BCUT2D eigenvalue weighted by molar-refractivity contribution is 0.101. The van der Waals surface area contributed by atoms with Gasteiger partial charge in [-0.25, -0.2) is 0 Å². The number of aromatic nitrogens is 4. The van der Waals surface area contributed by atoms with Gasteiger partial charge in [-0.1, -0.05) is 28.3 Å². The number of hydrogen-bond acceptors (Lipinski definition) is 5. The standard InChI is InChI=1S/C15H13Cl2N5O2/c1-8(2)22-6-5-12(21-22)13(23)18-15-20-19-14(24-15)10-4-3-9(16)7-11(10)17/h3-8H,1-2H3,(H,18,20,23). The van der Waals surface area contributed by atoms with Gasteiger partial charge in [0, 0.05) is 17.3 Å². The Kier molecular flexibility index (Phi) is 4.55. The first kappa shape index (κ1) is 16.5. The molecule has 0 unspecified atom stereocenters. The van der Waals surface area contributed by atoms with Crippen LogP contribution in [0.2, 0.25) is 10.0 Å². The Hall–Kier alpha value is -2.38. The summed E-state index contributed by atoms with van der Waals surface area (Å²) in [6, 6.07) is 6.62. The molecule has 2 heterocycles. The van der Waals surface area contributed by atoms with E-state index in [1.807, 2.05) is 13.8 Å². The Morgan fingerprint density at radius 3 is 2.71 bits per heavy atom. The van der Waals surface area contributed by atoms with E-state index in [4.69, 9.17) is 27.6 Å². The molecule has 0 bridgehead atoms. The highest BCUT2D eigenvalue weighted by molar-refractivity contribution is 6.36. The third-order valence-electron chi connectivity index (χ3n) is 3.18. The number of benzene rings is 1. The fourth-order valence-corrected chi connectivity index (χ4v) is 2.44. The minimum Gasteiger partial charge on any atom is -0.403 e. The molecule has 0 atom stereocenters.